The standard InChI is InChI=1S/C54H85NO13/c1-12-26-66-44-24-22-40(30-47(44)64-10)29-36(5)46-32-43(56)35(4)28-38(7)49(58)50(65-11)48(57)37(6)27-33(2)18-14-13-15-19-34(3)45(63-9)31-41-23-21-39(8)54(62,68-41)51(59)52(60)55-25-17-16-20-42(55)53(61)67-46/h13-15,18-19,28,33,35-37,39-42,44-47,49-50,58,62H,12,16-17,20-27,29-32H2,1-11H3/b15-13+,18-14+,34-19+,38-28+/t33-,35-,36-,37-,39-,40+,41+,42?,44-,45+,46+,47-,49-,50+,54-/m1/s1. The molecule has 14 heteroatoms. The molecule has 384 valence electrons. The molecule has 15 atom stereocenters. The third kappa shape index (κ3) is 15.3. The van der Waals surface area contributed by atoms with Gasteiger partial charge in [-0.05, 0) is 113 Å². The number of ketones is 3. The van der Waals surface area contributed by atoms with Crippen molar-refractivity contribution in [3.05, 3.63) is 47.6 Å². The maximum atomic E-state index is 14.5. The molecule has 2 bridgehead atoms. The number of hydrogen-bond acceptors (Lipinski definition) is 13. The van der Waals surface area contributed by atoms with E-state index in [-0.39, 0.29) is 60.9 Å². The van der Waals surface area contributed by atoms with E-state index in [4.69, 9.17) is 28.4 Å². The van der Waals surface area contributed by atoms with E-state index < -0.39 is 77.8 Å². The Hall–Kier alpha value is -3.37. The molecule has 1 unspecified atom stereocenters. The molecule has 0 aromatic carbocycles. The summed E-state index contributed by atoms with van der Waals surface area (Å²) >= 11 is 0. The predicted octanol–water partition coefficient (Wildman–Crippen LogP) is 7.61. The number of methoxy groups -OCH3 is 3. The average Bonchev–Trinajstić information content (AvgIpc) is 3.32. The van der Waals surface area contributed by atoms with E-state index in [9.17, 15) is 34.2 Å². The second kappa shape index (κ2) is 27.3. The lowest BCUT2D eigenvalue weighted by Gasteiger charge is -2.42. The quantitative estimate of drug-likeness (QED) is 0.131. The first-order chi connectivity index (χ1) is 32.3. The molecule has 3 heterocycles. The molecule has 1 saturated carbocycles. The Morgan fingerprint density at radius 2 is 1.59 bits per heavy atom. The fraction of sp³-hybridized carbons (Fsp3) is 0.759. The number of piperidine rings is 1. The van der Waals surface area contributed by atoms with Gasteiger partial charge >= 0.3 is 5.97 Å². The summed E-state index contributed by atoms with van der Waals surface area (Å²) in [5.41, 5.74) is 1.29. The number of hydrogen-bond donors (Lipinski definition) is 2. The van der Waals surface area contributed by atoms with E-state index in [1.54, 1.807) is 41.1 Å². The molecule has 0 radical (unpaired) electrons. The lowest BCUT2D eigenvalue weighted by Crippen LogP contribution is -2.61. The van der Waals surface area contributed by atoms with E-state index in [0.717, 1.165) is 31.3 Å². The van der Waals surface area contributed by atoms with Crippen LogP contribution in [-0.2, 0) is 52.4 Å². The van der Waals surface area contributed by atoms with Gasteiger partial charge in [-0.3, -0.25) is 19.2 Å². The molecular weight excluding hydrogens is 871 g/mol. The number of Topliss-reactive ketones (excluding diaryl/α,β-unsaturated/α-hetero) is 3. The molecule has 2 saturated heterocycles. The van der Waals surface area contributed by atoms with E-state index in [2.05, 4.69) is 6.92 Å². The van der Waals surface area contributed by atoms with Gasteiger partial charge in [0, 0.05) is 65.1 Å². The summed E-state index contributed by atoms with van der Waals surface area (Å²) < 4.78 is 35.9. The van der Waals surface area contributed by atoms with Crippen LogP contribution in [0.1, 0.15) is 139 Å². The molecule has 2 N–H and O–H groups in total. The Morgan fingerprint density at radius 3 is 2.26 bits per heavy atom. The van der Waals surface area contributed by atoms with Crippen LogP contribution in [0, 0.1) is 35.5 Å². The summed E-state index contributed by atoms with van der Waals surface area (Å²) in [5.74, 6) is -7.71. The number of carbonyl (C=O) groups is 5. The van der Waals surface area contributed by atoms with Crippen molar-refractivity contribution in [1.29, 1.82) is 0 Å². The van der Waals surface area contributed by atoms with Crippen LogP contribution in [0.5, 0.6) is 0 Å². The molecule has 14 nitrogen and oxygen atoms in total. The number of ether oxygens (including phenoxy) is 6. The molecule has 68 heavy (non-hydrogen) atoms. The summed E-state index contributed by atoms with van der Waals surface area (Å²) in [6.45, 7) is 15.6. The van der Waals surface area contributed by atoms with E-state index >= 15 is 0 Å². The van der Waals surface area contributed by atoms with Crippen molar-refractivity contribution in [2.75, 3.05) is 34.5 Å². The molecule has 4 aliphatic rings. The van der Waals surface area contributed by atoms with Crippen molar-refractivity contribution in [2.24, 2.45) is 35.5 Å². The second-order valence-corrected chi connectivity index (χ2v) is 20.4. The Kier molecular flexibility index (Phi) is 23.0. The molecular formula is C54H85NO13. The summed E-state index contributed by atoms with van der Waals surface area (Å²) in [6.07, 6.45) is 13.7. The molecule has 3 fully saturated rings. The fourth-order valence-electron chi connectivity index (χ4n) is 10.6. The normalized spacial score (nSPS) is 39.2. The third-order valence-electron chi connectivity index (χ3n) is 15.0. The fourth-order valence-corrected chi connectivity index (χ4v) is 10.6. The Balaban J connectivity index is 1.70. The first-order valence-electron chi connectivity index (χ1n) is 25.4. The van der Waals surface area contributed by atoms with Crippen molar-refractivity contribution >= 4 is 29.2 Å². The van der Waals surface area contributed by atoms with Crippen molar-refractivity contribution in [1.82, 2.24) is 4.90 Å². The number of carbonyl (C=O) groups excluding carboxylic acids is 5. The zero-order valence-corrected chi connectivity index (χ0v) is 43.0. The highest BCUT2D eigenvalue weighted by molar-refractivity contribution is 6.39. The SMILES string of the molecule is CCCO[C@@H]1CC[C@@H](C[C@@H](C)[C@@H]2CC(=O)[C@H](C)/C=C(\C)[C@@H](O)[C@@H](OC)C(=O)[C@H](C)C[C@H](C)/C=C/C=C/C=C(\C)[C@@H](OC)C[C@@H]3CC[C@@H](C)[C@@](O)(O3)C(=O)C(=O)N3CCCCC3C(=O)O2)C[C@H]1OC. The van der Waals surface area contributed by atoms with Crippen molar-refractivity contribution in [3.8, 4) is 0 Å². The minimum Gasteiger partial charge on any atom is -0.460 e. The monoisotopic (exact) mass is 956 g/mol. The number of esters is 1. The molecule has 1 amide bonds. The van der Waals surface area contributed by atoms with Crippen LogP contribution in [0.25, 0.3) is 0 Å². The first-order valence-corrected chi connectivity index (χ1v) is 25.4. The minimum atomic E-state index is -2.42. The van der Waals surface area contributed by atoms with Gasteiger partial charge in [0.2, 0.25) is 5.79 Å². The second-order valence-electron chi connectivity index (χ2n) is 20.4. The molecule has 0 spiro atoms. The van der Waals surface area contributed by atoms with Gasteiger partial charge < -0.3 is 43.5 Å². The van der Waals surface area contributed by atoms with Crippen LogP contribution < -0.4 is 0 Å². The number of allylic oxidation sites excluding steroid dienone is 6. The molecule has 4 rings (SSSR count). The van der Waals surface area contributed by atoms with Crippen molar-refractivity contribution in [3.63, 3.8) is 0 Å². The number of cyclic esters (lactones) is 1. The Labute approximate surface area is 406 Å². The number of aliphatic hydroxyl groups excluding tert-OH is 1. The molecule has 1 aliphatic carbocycles. The molecule has 3 aliphatic heterocycles. The van der Waals surface area contributed by atoms with E-state index in [1.807, 2.05) is 58.1 Å². The van der Waals surface area contributed by atoms with Crippen LogP contribution in [0.2, 0.25) is 0 Å². The third-order valence-corrected chi connectivity index (χ3v) is 15.0. The number of aliphatic hydroxyl groups is 2. The highest BCUT2D eigenvalue weighted by Gasteiger charge is 2.53. The van der Waals surface area contributed by atoms with Gasteiger partial charge in [-0.2, -0.15) is 0 Å². The van der Waals surface area contributed by atoms with Crippen molar-refractivity contribution in [2.45, 2.75) is 193 Å². The van der Waals surface area contributed by atoms with Crippen LogP contribution in [0.15, 0.2) is 47.6 Å². The lowest BCUT2D eigenvalue weighted by atomic mass is 9.78. The van der Waals surface area contributed by atoms with Gasteiger partial charge in [-0.15, -0.1) is 0 Å². The zero-order valence-electron chi connectivity index (χ0n) is 43.0. The maximum Gasteiger partial charge on any atom is 0.329 e. The molecule has 0 aromatic rings. The summed E-state index contributed by atoms with van der Waals surface area (Å²) in [7, 11) is 4.66. The van der Waals surface area contributed by atoms with Gasteiger partial charge in [0.1, 0.15) is 30.1 Å². The largest absolute Gasteiger partial charge is 0.460 e. The maximum absolute atomic E-state index is 14.5. The first kappa shape index (κ1) is 57.2. The van der Waals surface area contributed by atoms with Crippen LogP contribution >= 0.6 is 0 Å². The Morgan fingerprint density at radius 1 is 0.853 bits per heavy atom. The van der Waals surface area contributed by atoms with Gasteiger partial charge in [0.15, 0.2) is 5.78 Å². The number of rotatable bonds is 9. The van der Waals surface area contributed by atoms with Gasteiger partial charge in [-0.25, -0.2) is 4.79 Å². The van der Waals surface area contributed by atoms with Crippen LogP contribution in [-0.4, -0.2) is 133 Å². The number of nitrogens with zero attached hydrogens (tertiary/aromatic N) is 1. The topological polar surface area (TPSA) is 184 Å². The van der Waals surface area contributed by atoms with E-state index in [0.29, 0.717) is 57.1 Å². The van der Waals surface area contributed by atoms with Gasteiger partial charge in [0.25, 0.3) is 11.7 Å². The zero-order chi connectivity index (χ0) is 50.3. The Bertz CT molecular complexity index is 1810. The summed E-state index contributed by atoms with van der Waals surface area (Å²) in [5, 5.41) is 23.5. The van der Waals surface area contributed by atoms with Crippen LogP contribution in [0.4, 0.5) is 0 Å². The highest BCUT2D eigenvalue weighted by Crippen LogP contribution is 2.38. The minimum absolute atomic E-state index is 0.0147. The number of fused-ring (bicyclic) bond motifs is 3. The van der Waals surface area contributed by atoms with E-state index in [1.165, 1.54) is 12.0 Å². The lowest BCUT2D eigenvalue weighted by molar-refractivity contribution is -0.265. The number of amides is 1. The molecule has 0 aromatic heterocycles. The van der Waals surface area contributed by atoms with Crippen LogP contribution in [0.3, 0.4) is 0 Å². The average molecular weight is 956 g/mol. The smallest absolute Gasteiger partial charge is 0.329 e. The van der Waals surface area contributed by atoms with Crippen molar-refractivity contribution < 1.29 is 62.6 Å². The summed E-state index contributed by atoms with van der Waals surface area (Å²) in [6, 6.07) is -1.12. The summed E-state index contributed by atoms with van der Waals surface area (Å²) in [4.78, 5) is 72.2. The predicted molar refractivity (Wildman–Crippen MR) is 259 cm³/mol. The van der Waals surface area contributed by atoms with Gasteiger partial charge in [-0.1, -0.05) is 78.0 Å². The highest BCUT2D eigenvalue weighted by atomic mass is 16.6. The van der Waals surface area contributed by atoms with Gasteiger partial charge in [0.05, 0.1) is 24.4 Å².